The molecule has 0 spiro atoms. The quantitative estimate of drug-likeness (QED) is 0.674. The van der Waals surface area contributed by atoms with Crippen LogP contribution in [0.3, 0.4) is 0 Å². The number of nitrogen functional groups attached to an aromatic ring is 2. The Labute approximate surface area is 120 Å². The van der Waals surface area contributed by atoms with Crippen molar-refractivity contribution < 1.29 is 13.9 Å². The van der Waals surface area contributed by atoms with Crippen LogP contribution < -0.4 is 11.5 Å². The number of rotatable bonds is 3. The van der Waals surface area contributed by atoms with Gasteiger partial charge in [0, 0.05) is 11.4 Å². The largest absolute Gasteiger partial charge is 0.457 e. The predicted molar refractivity (Wildman–Crippen MR) is 75.8 cm³/mol. The van der Waals surface area contributed by atoms with E-state index < -0.39 is 11.8 Å². The van der Waals surface area contributed by atoms with Gasteiger partial charge in [0.05, 0.1) is 10.6 Å². The van der Waals surface area contributed by atoms with Crippen molar-refractivity contribution in [3.05, 3.63) is 58.4 Å². The Balaban J connectivity index is 2.06. The molecule has 0 amide bonds. The molecule has 0 saturated carbocycles. The maximum atomic E-state index is 13.0. The molecule has 20 heavy (non-hydrogen) atoms. The monoisotopic (exact) mass is 294 g/mol. The number of carbonyl (C=O) groups is 1. The molecule has 0 bridgehead atoms. The lowest BCUT2D eigenvalue weighted by molar-refractivity contribution is 0.0474. The van der Waals surface area contributed by atoms with Crippen molar-refractivity contribution in [2.24, 2.45) is 0 Å². The van der Waals surface area contributed by atoms with Gasteiger partial charge in [0.15, 0.2) is 0 Å². The molecule has 0 saturated heterocycles. The zero-order chi connectivity index (χ0) is 14.7. The molecule has 4 nitrogen and oxygen atoms in total. The summed E-state index contributed by atoms with van der Waals surface area (Å²) in [5, 5.41) is -0.0226. The van der Waals surface area contributed by atoms with Gasteiger partial charge in [-0.2, -0.15) is 0 Å². The number of esters is 1. The minimum atomic E-state index is -0.581. The van der Waals surface area contributed by atoms with E-state index >= 15 is 0 Å². The topological polar surface area (TPSA) is 78.3 Å². The molecule has 0 aliphatic carbocycles. The van der Waals surface area contributed by atoms with E-state index in [0.29, 0.717) is 11.3 Å². The maximum Gasteiger partial charge on any atom is 0.340 e. The predicted octanol–water partition coefficient (Wildman–Crippen LogP) is 3.00. The van der Waals surface area contributed by atoms with E-state index in [1.807, 2.05) is 0 Å². The molecule has 0 heterocycles. The zero-order valence-electron chi connectivity index (χ0n) is 10.4. The molecule has 4 N–H and O–H groups in total. The van der Waals surface area contributed by atoms with Crippen LogP contribution >= 0.6 is 11.6 Å². The first-order valence-electron chi connectivity index (χ1n) is 5.73. The third-order valence-electron chi connectivity index (χ3n) is 2.65. The number of hydrogen-bond donors (Lipinski definition) is 2. The van der Waals surface area contributed by atoms with E-state index in [1.165, 1.54) is 30.3 Å². The van der Waals surface area contributed by atoms with E-state index in [4.69, 9.17) is 27.8 Å². The third kappa shape index (κ3) is 3.19. The van der Waals surface area contributed by atoms with E-state index in [9.17, 15) is 9.18 Å². The van der Waals surface area contributed by atoms with Crippen LogP contribution in [0.5, 0.6) is 0 Å². The average molecular weight is 295 g/mol. The van der Waals surface area contributed by atoms with Crippen molar-refractivity contribution in [2.45, 2.75) is 6.61 Å². The third-order valence-corrected chi connectivity index (χ3v) is 2.94. The zero-order valence-corrected chi connectivity index (χ0v) is 11.2. The van der Waals surface area contributed by atoms with Crippen LogP contribution in [0, 0.1) is 5.82 Å². The summed E-state index contributed by atoms with van der Waals surface area (Å²) in [5.74, 6) is -1.10. The Kier molecular flexibility index (Phi) is 4.10. The summed E-state index contributed by atoms with van der Waals surface area (Å²) >= 11 is 5.64. The van der Waals surface area contributed by atoms with Crippen LogP contribution in [0.4, 0.5) is 15.8 Å². The normalized spacial score (nSPS) is 10.3. The van der Waals surface area contributed by atoms with Gasteiger partial charge in [-0.3, -0.25) is 0 Å². The smallest absolute Gasteiger partial charge is 0.340 e. The van der Waals surface area contributed by atoms with Crippen molar-refractivity contribution in [3.8, 4) is 0 Å². The van der Waals surface area contributed by atoms with E-state index in [0.717, 1.165) is 0 Å². The highest BCUT2D eigenvalue weighted by molar-refractivity contribution is 6.30. The molecular formula is C14H12ClFN2O2. The summed E-state index contributed by atoms with van der Waals surface area (Å²) in [7, 11) is 0. The molecule has 0 fully saturated rings. The van der Waals surface area contributed by atoms with Crippen LogP contribution in [-0.2, 0) is 11.3 Å². The molecular weight excluding hydrogens is 283 g/mol. The Morgan fingerprint density at radius 2 is 1.95 bits per heavy atom. The van der Waals surface area contributed by atoms with Gasteiger partial charge in [-0.15, -0.1) is 0 Å². The Morgan fingerprint density at radius 1 is 1.20 bits per heavy atom. The van der Waals surface area contributed by atoms with Gasteiger partial charge in [-0.1, -0.05) is 17.7 Å². The molecule has 2 aromatic carbocycles. The lowest BCUT2D eigenvalue weighted by Gasteiger charge is -2.08. The molecule has 2 aromatic rings. The van der Waals surface area contributed by atoms with Gasteiger partial charge in [-0.25, -0.2) is 9.18 Å². The second-order valence-corrected chi connectivity index (χ2v) is 4.58. The molecule has 0 aromatic heterocycles. The first-order valence-corrected chi connectivity index (χ1v) is 6.11. The fraction of sp³-hybridized carbons (Fsp3) is 0.0714. The number of carbonyl (C=O) groups excluding carboxylic acids is 1. The van der Waals surface area contributed by atoms with Crippen molar-refractivity contribution in [1.82, 2.24) is 0 Å². The van der Waals surface area contributed by atoms with Crippen LogP contribution in [0.15, 0.2) is 36.4 Å². The fourth-order valence-corrected chi connectivity index (χ4v) is 1.83. The Bertz CT molecular complexity index is 662. The highest BCUT2D eigenvalue weighted by Crippen LogP contribution is 2.19. The van der Waals surface area contributed by atoms with Gasteiger partial charge < -0.3 is 16.2 Å². The van der Waals surface area contributed by atoms with Gasteiger partial charge in [0.2, 0.25) is 0 Å². The van der Waals surface area contributed by atoms with Gasteiger partial charge in [0.25, 0.3) is 0 Å². The minimum absolute atomic E-state index is 0.0226. The number of ether oxygens (including phenoxy) is 1. The fourth-order valence-electron chi connectivity index (χ4n) is 1.62. The Hall–Kier alpha value is -2.27. The lowest BCUT2D eigenvalue weighted by atomic mass is 10.1. The molecule has 2 rings (SSSR count). The highest BCUT2D eigenvalue weighted by atomic mass is 35.5. The van der Waals surface area contributed by atoms with Crippen molar-refractivity contribution in [3.63, 3.8) is 0 Å². The van der Waals surface area contributed by atoms with Crippen LogP contribution in [-0.4, -0.2) is 5.97 Å². The highest BCUT2D eigenvalue weighted by Gasteiger charge is 2.12. The summed E-state index contributed by atoms with van der Waals surface area (Å²) in [6, 6.07) is 8.62. The number of halogens is 2. The summed E-state index contributed by atoms with van der Waals surface area (Å²) in [6.07, 6.45) is 0. The summed E-state index contributed by atoms with van der Waals surface area (Å²) in [4.78, 5) is 11.9. The maximum absolute atomic E-state index is 13.0. The summed E-state index contributed by atoms with van der Waals surface area (Å²) in [6.45, 7) is -0.0251. The minimum Gasteiger partial charge on any atom is -0.457 e. The number of nitrogens with two attached hydrogens (primary N) is 2. The molecule has 0 aliphatic heterocycles. The van der Waals surface area contributed by atoms with Crippen molar-refractivity contribution >= 4 is 28.9 Å². The first kappa shape index (κ1) is 14.1. The summed E-state index contributed by atoms with van der Waals surface area (Å²) < 4.78 is 18.1. The molecule has 0 radical (unpaired) electrons. The van der Waals surface area contributed by atoms with Crippen LogP contribution in [0.2, 0.25) is 5.02 Å². The van der Waals surface area contributed by atoms with Crippen molar-refractivity contribution in [2.75, 3.05) is 11.5 Å². The standard InChI is InChI=1S/C14H12ClFN2O2/c15-11-5-8(1-4-12(11)16)7-20-14(19)10-3-2-9(17)6-13(10)18/h1-6H,7,17-18H2. The Morgan fingerprint density at radius 3 is 2.60 bits per heavy atom. The molecule has 0 aliphatic rings. The molecule has 6 heteroatoms. The van der Waals surface area contributed by atoms with E-state index in [-0.39, 0.29) is 22.9 Å². The van der Waals surface area contributed by atoms with Crippen LogP contribution in [0.25, 0.3) is 0 Å². The summed E-state index contributed by atoms with van der Waals surface area (Å²) in [5.41, 5.74) is 12.7. The number of hydrogen-bond acceptors (Lipinski definition) is 4. The van der Waals surface area contributed by atoms with Gasteiger partial charge >= 0.3 is 5.97 Å². The number of benzene rings is 2. The second kappa shape index (κ2) is 5.79. The van der Waals surface area contributed by atoms with E-state index in [1.54, 1.807) is 6.07 Å². The molecule has 104 valence electrons. The van der Waals surface area contributed by atoms with Crippen LogP contribution in [0.1, 0.15) is 15.9 Å². The van der Waals surface area contributed by atoms with Crippen molar-refractivity contribution in [1.29, 1.82) is 0 Å². The second-order valence-electron chi connectivity index (χ2n) is 4.17. The first-order chi connectivity index (χ1) is 9.47. The average Bonchev–Trinajstić information content (AvgIpc) is 2.40. The lowest BCUT2D eigenvalue weighted by Crippen LogP contribution is -2.08. The molecule has 0 atom stereocenters. The van der Waals surface area contributed by atoms with Gasteiger partial charge in [-0.05, 0) is 35.9 Å². The SMILES string of the molecule is Nc1ccc(C(=O)OCc2ccc(F)c(Cl)c2)c(N)c1. The number of anilines is 2. The molecule has 0 unspecified atom stereocenters. The van der Waals surface area contributed by atoms with Gasteiger partial charge in [0.1, 0.15) is 12.4 Å². The van der Waals surface area contributed by atoms with E-state index in [2.05, 4.69) is 0 Å².